The fraction of sp³-hybridized carbons (Fsp3) is 0.579. The summed E-state index contributed by atoms with van der Waals surface area (Å²) in [6.07, 6.45) is 1.20. The second-order valence-corrected chi connectivity index (χ2v) is 7.96. The lowest BCUT2D eigenvalue weighted by Crippen LogP contribution is -2.46. The van der Waals surface area contributed by atoms with Crippen LogP contribution in [-0.2, 0) is 11.8 Å². The van der Waals surface area contributed by atoms with Crippen LogP contribution in [0.5, 0.6) is 0 Å². The standard InChI is InChI=1S/C19H22F3N5O2/c1-10(18(29)27-6-5-12(8-27)19(20,21)22)24-17(28)13-7-23-16-15(13)25-14(9-26(16)2)11-3-4-11/h7,9-12H,3-6,8H2,1-2H3,(H,24,28)/p+1. The molecule has 2 amide bonds. The zero-order valence-corrected chi connectivity index (χ0v) is 16.2. The lowest BCUT2D eigenvalue weighted by Gasteiger charge is -2.22. The largest absolute Gasteiger partial charge is 0.393 e. The Morgan fingerprint density at radius 1 is 1.34 bits per heavy atom. The number of carbonyl (C=O) groups excluding carboxylic acids is 2. The van der Waals surface area contributed by atoms with Crippen molar-refractivity contribution in [3.05, 3.63) is 23.7 Å². The lowest BCUT2D eigenvalue weighted by molar-refractivity contribution is -0.647. The van der Waals surface area contributed by atoms with Crippen molar-refractivity contribution in [2.24, 2.45) is 13.0 Å². The predicted molar refractivity (Wildman–Crippen MR) is 96.9 cm³/mol. The van der Waals surface area contributed by atoms with E-state index < -0.39 is 30.0 Å². The number of hydrogen-bond acceptors (Lipinski definition) is 3. The van der Waals surface area contributed by atoms with E-state index in [0.29, 0.717) is 22.6 Å². The summed E-state index contributed by atoms with van der Waals surface area (Å²) in [4.78, 5) is 34.1. The van der Waals surface area contributed by atoms with Gasteiger partial charge in [-0.25, -0.2) is 14.5 Å². The highest BCUT2D eigenvalue weighted by Gasteiger charge is 2.45. The second kappa shape index (κ2) is 7.00. The summed E-state index contributed by atoms with van der Waals surface area (Å²) in [5, 5.41) is 2.61. The van der Waals surface area contributed by atoms with Crippen LogP contribution in [0.1, 0.15) is 48.2 Å². The predicted octanol–water partition coefficient (Wildman–Crippen LogP) is 1.79. The SMILES string of the molecule is CC(NC(=O)c1c[nH]c2c1nc(C1CC1)c[n+]2C)C(=O)N1CCC(C(F)(F)F)C1. The minimum absolute atomic E-state index is 0.0401. The van der Waals surface area contributed by atoms with Crippen LogP contribution >= 0.6 is 0 Å². The molecule has 0 aromatic carbocycles. The van der Waals surface area contributed by atoms with Crippen LogP contribution in [0.25, 0.3) is 11.2 Å². The fourth-order valence-electron chi connectivity index (χ4n) is 3.79. The summed E-state index contributed by atoms with van der Waals surface area (Å²) in [5.41, 5.74) is 2.44. The van der Waals surface area contributed by atoms with E-state index in [1.54, 1.807) is 0 Å². The first-order valence-corrected chi connectivity index (χ1v) is 9.69. The Bertz CT molecular complexity index is 967. The maximum absolute atomic E-state index is 12.8. The Hall–Kier alpha value is -2.65. The van der Waals surface area contributed by atoms with Gasteiger partial charge in [0.15, 0.2) is 5.52 Å². The third-order valence-electron chi connectivity index (χ3n) is 5.67. The lowest BCUT2D eigenvalue weighted by atomic mass is 10.1. The number of nitrogens with one attached hydrogen (secondary N) is 2. The molecule has 7 nitrogen and oxygen atoms in total. The molecule has 156 valence electrons. The van der Waals surface area contributed by atoms with Crippen LogP contribution in [0.4, 0.5) is 13.2 Å². The van der Waals surface area contributed by atoms with Gasteiger partial charge < -0.3 is 10.2 Å². The molecule has 2 fully saturated rings. The van der Waals surface area contributed by atoms with Crippen molar-refractivity contribution in [1.29, 1.82) is 0 Å². The number of carbonyl (C=O) groups is 2. The molecule has 1 aliphatic heterocycles. The Balaban J connectivity index is 1.47. The van der Waals surface area contributed by atoms with Gasteiger partial charge in [0, 0.05) is 19.0 Å². The Kier molecular flexibility index (Phi) is 4.74. The molecule has 3 heterocycles. The number of alkyl halides is 3. The van der Waals surface area contributed by atoms with Crippen LogP contribution in [0, 0.1) is 5.92 Å². The zero-order chi connectivity index (χ0) is 20.9. The van der Waals surface area contributed by atoms with Gasteiger partial charge in [-0.2, -0.15) is 13.2 Å². The number of rotatable bonds is 4. The van der Waals surface area contributed by atoms with Crippen molar-refractivity contribution in [2.75, 3.05) is 13.1 Å². The third-order valence-corrected chi connectivity index (χ3v) is 5.67. The quantitative estimate of drug-likeness (QED) is 0.754. The smallest absolute Gasteiger partial charge is 0.340 e. The second-order valence-electron chi connectivity index (χ2n) is 7.96. The number of aromatic nitrogens is 3. The molecule has 2 aliphatic rings. The van der Waals surface area contributed by atoms with E-state index in [9.17, 15) is 22.8 Å². The highest BCUT2D eigenvalue weighted by Crippen LogP contribution is 2.39. The van der Waals surface area contributed by atoms with E-state index in [0.717, 1.165) is 18.5 Å². The van der Waals surface area contributed by atoms with Crippen molar-refractivity contribution in [3.63, 3.8) is 0 Å². The fourth-order valence-corrected chi connectivity index (χ4v) is 3.79. The molecule has 29 heavy (non-hydrogen) atoms. The molecule has 0 radical (unpaired) electrons. The van der Waals surface area contributed by atoms with Crippen LogP contribution in [0.2, 0.25) is 0 Å². The molecular formula is C19H23F3N5O2+. The van der Waals surface area contributed by atoms with Crippen molar-refractivity contribution in [1.82, 2.24) is 20.2 Å². The van der Waals surface area contributed by atoms with Gasteiger partial charge in [-0.3, -0.25) is 9.59 Å². The number of amides is 2. The molecule has 0 spiro atoms. The molecule has 0 bridgehead atoms. The van der Waals surface area contributed by atoms with Crippen LogP contribution in [-0.4, -0.2) is 52.0 Å². The molecule has 2 aromatic heterocycles. The van der Waals surface area contributed by atoms with Gasteiger partial charge in [-0.15, -0.1) is 0 Å². The monoisotopic (exact) mass is 410 g/mol. The number of nitrogens with zero attached hydrogens (tertiary/aromatic N) is 3. The number of fused-ring (bicyclic) bond motifs is 1. The average molecular weight is 410 g/mol. The van der Waals surface area contributed by atoms with Crippen LogP contribution in [0.15, 0.2) is 12.4 Å². The van der Waals surface area contributed by atoms with Gasteiger partial charge >= 0.3 is 11.8 Å². The Morgan fingerprint density at radius 3 is 2.69 bits per heavy atom. The normalized spacial score (nSPS) is 20.9. The number of H-pyrrole nitrogens is 1. The van der Waals surface area contributed by atoms with Crippen molar-refractivity contribution in [3.8, 4) is 0 Å². The number of likely N-dealkylation sites (tertiary alicyclic amines) is 1. The van der Waals surface area contributed by atoms with Gasteiger partial charge in [-0.1, -0.05) is 0 Å². The molecule has 1 saturated heterocycles. The summed E-state index contributed by atoms with van der Waals surface area (Å²) < 4.78 is 40.4. The van der Waals surface area contributed by atoms with Gasteiger partial charge in [0.05, 0.1) is 18.7 Å². The molecule has 2 unspecified atom stereocenters. The number of hydrogen-bond donors (Lipinski definition) is 2. The first-order chi connectivity index (χ1) is 13.6. The number of halogens is 3. The molecule has 4 rings (SSSR count). The minimum atomic E-state index is -4.31. The summed E-state index contributed by atoms with van der Waals surface area (Å²) in [7, 11) is 1.87. The first kappa shape index (κ1) is 19.7. The minimum Gasteiger partial charge on any atom is -0.340 e. The molecular weight excluding hydrogens is 387 g/mol. The molecule has 2 aromatic rings. The number of aromatic amines is 1. The van der Waals surface area contributed by atoms with Crippen molar-refractivity contribution < 1.29 is 27.3 Å². The van der Waals surface area contributed by atoms with Crippen molar-refractivity contribution in [2.45, 2.75) is 44.3 Å². The summed E-state index contributed by atoms with van der Waals surface area (Å²) in [5.74, 6) is -2.09. The van der Waals surface area contributed by atoms with Crippen LogP contribution in [0.3, 0.4) is 0 Å². The molecule has 1 aliphatic carbocycles. The maximum atomic E-state index is 12.8. The highest BCUT2D eigenvalue weighted by molar-refractivity contribution is 6.05. The van der Waals surface area contributed by atoms with Crippen LogP contribution < -0.4 is 9.88 Å². The van der Waals surface area contributed by atoms with Gasteiger partial charge in [0.1, 0.15) is 24.0 Å². The Morgan fingerprint density at radius 2 is 2.07 bits per heavy atom. The highest BCUT2D eigenvalue weighted by atomic mass is 19.4. The molecule has 2 atom stereocenters. The summed E-state index contributed by atoms with van der Waals surface area (Å²) >= 11 is 0. The summed E-state index contributed by atoms with van der Waals surface area (Å²) in [6, 6.07) is -0.931. The zero-order valence-electron chi connectivity index (χ0n) is 16.2. The van der Waals surface area contributed by atoms with E-state index >= 15 is 0 Å². The topological polar surface area (TPSA) is 82.0 Å². The number of aryl methyl sites for hydroxylation is 1. The third kappa shape index (κ3) is 3.79. The van der Waals surface area contributed by atoms with Gasteiger partial charge in [0.2, 0.25) is 5.91 Å². The molecule has 1 saturated carbocycles. The van der Waals surface area contributed by atoms with E-state index in [4.69, 9.17) is 0 Å². The summed E-state index contributed by atoms with van der Waals surface area (Å²) in [6.45, 7) is 1.16. The van der Waals surface area contributed by atoms with Gasteiger partial charge in [-0.05, 0) is 26.2 Å². The Labute approximate surface area is 165 Å². The van der Waals surface area contributed by atoms with E-state index in [1.807, 2.05) is 17.8 Å². The van der Waals surface area contributed by atoms with E-state index in [2.05, 4.69) is 15.3 Å². The maximum Gasteiger partial charge on any atom is 0.393 e. The molecule has 2 N–H and O–H groups in total. The van der Waals surface area contributed by atoms with Crippen molar-refractivity contribution >= 4 is 23.0 Å². The van der Waals surface area contributed by atoms with Gasteiger partial charge in [0.25, 0.3) is 5.91 Å². The average Bonchev–Trinajstić information content (AvgIpc) is 3.20. The van der Waals surface area contributed by atoms with E-state index in [-0.39, 0.29) is 19.5 Å². The van der Waals surface area contributed by atoms with E-state index in [1.165, 1.54) is 18.0 Å². The molecule has 10 heteroatoms. The first-order valence-electron chi connectivity index (χ1n) is 9.69.